The Labute approximate surface area is 135 Å². The first kappa shape index (κ1) is 14.0. The molecule has 4 rings (SSSR count). The summed E-state index contributed by atoms with van der Waals surface area (Å²) in [6.45, 7) is 0. The van der Waals surface area contributed by atoms with E-state index in [1.54, 1.807) is 25.3 Å². The molecule has 1 aliphatic carbocycles. The van der Waals surface area contributed by atoms with Crippen molar-refractivity contribution in [3.8, 4) is 17.2 Å². The summed E-state index contributed by atoms with van der Waals surface area (Å²) in [5.41, 5.74) is 2.93. The summed E-state index contributed by atoms with van der Waals surface area (Å²) < 4.78 is 5.13. The van der Waals surface area contributed by atoms with Gasteiger partial charge in [-0.1, -0.05) is 30.4 Å². The SMILES string of the molecule is COc1ccc(C2Nc3c(O)cccc3C3C=CCC32)cc1O. The van der Waals surface area contributed by atoms with E-state index >= 15 is 0 Å². The van der Waals surface area contributed by atoms with E-state index in [0.717, 1.165) is 23.2 Å². The predicted molar refractivity (Wildman–Crippen MR) is 89.1 cm³/mol. The van der Waals surface area contributed by atoms with Crippen molar-refractivity contribution < 1.29 is 14.9 Å². The van der Waals surface area contributed by atoms with Gasteiger partial charge in [0.25, 0.3) is 0 Å². The minimum Gasteiger partial charge on any atom is -0.506 e. The molecule has 0 aromatic heterocycles. The van der Waals surface area contributed by atoms with E-state index in [1.807, 2.05) is 12.1 Å². The standard InChI is InChI=1S/C19H19NO3/c1-23-17-9-8-11(10-16(17)22)18-13-5-2-4-12(13)14-6-3-7-15(21)19(14)20-18/h2-4,6-10,12-13,18,20-22H,5H2,1H3. The number of phenols is 2. The van der Waals surface area contributed by atoms with E-state index in [9.17, 15) is 10.2 Å². The summed E-state index contributed by atoms with van der Waals surface area (Å²) in [6, 6.07) is 11.2. The van der Waals surface area contributed by atoms with E-state index in [0.29, 0.717) is 11.7 Å². The Kier molecular flexibility index (Phi) is 3.18. The molecule has 0 spiro atoms. The molecule has 1 aliphatic heterocycles. The average molecular weight is 309 g/mol. The summed E-state index contributed by atoms with van der Waals surface area (Å²) in [4.78, 5) is 0. The lowest BCUT2D eigenvalue weighted by Gasteiger charge is -2.37. The van der Waals surface area contributed by atoms with Gasteiger partial charge in [0, 0.05) is 5.92 Å². The lowest BCUT2D eigenvalue weighted by molar-refractivity contribution is 0.370. The molecule has 2 aliphatic rings. The number of allylic oxidation sites excluding steroid dienone is 2. The molecular weight excluding hydrogens is 290 g/mol. The smallest absolute Gasteiger partial charge is 0.160 e. The van der Waals surface area contributed by atoms with Crippen LogP contribution in [0.5, 0.6) is 17.2 Å². The molecule has 118 valence electrons. The van der Waals surface area contributed by atoms with Crippen molar-refractivity contribution in [2.24, 2.45) is 5.92 Å². The van der Waals surface area contributed by atoms with Crippen molar-refractivity contribution in [3.63, 3.8) is 0 Å². The van der Waals surface area contributed by atoms with E-state index in [2.05, 4.69) is 23.5 Å². The fourth-order valence-electron chi connectivity index (χ4n) is 3.84. The van der Waals surface area contributed by atoms with Crippen LogP contribution >= 0.6 is 0 Å². The number of aromatic hydroxyl groups is 2. The topological polar surface area (TPSA) is 61.7 Å². The number of para-hydroxylation sites is 1. The van der Waals surface area contributed by atoms with Gasteiger partial charge in [-0.3, -0.25) is 0 Å². The Hall–Kier alpha value is -2.62. The van der Waals surface area contributed by atoms with Crippen molar-refractivity contribution in [3.05, 3.63) is 59.7 Å². The first-order valence-electron chi connectivity index (χ1n) is 7.81. The minimum atomic E-state index is 0.0348. The predicted octanol–water partition coefficient (Wildman–Crippen LogP) is 3.93. The van der Waals surface area contributed by atoms with Crippen LogP contribution in [-0.4, -0.2) is 17.3 Å². The molecule has 0 amide bonds. The first-order chi connectivity index (χ1) is 11.2. The zero-order chi connectivity index (χ0) is 16.0. The molecule has 1 heterocycles. The molecule has 0 radical (unpaired) electrons. The van der Waals surface area contributed by atoms with Crippen molar-refractivity contribution in [2.75, 3.05) is 12.4 Å². The molecule has 23 heavy (non-hydrogen) atoms. The highest BCUT2D eigenvalue weighted by Crippen LogP contribution is 2.52. The Morgan fingerprint density at radius 1 is 1.13 bits per heavy atom. The quantitative estimate of drug-likeness (QED) is 0.581. The maximum absolute atomic E-state index is 10.2. The number of hydrogen-bond acceptors (Lipinski definition) is 4. The summed E-state index contributed by atoms with van der Waals surface area (Å²) >= 11 is 0. The summed E-state index contributed by atoms with van der Waals surface area (Å²) in [5, 5.41) is 23.8. The zero-order valence-corrected chi connectivity index (χ0v) is 12.9. The van der Waals surface area contributed by atoms with Gasteiger partial charge in [0.15, 0.2) is 11.5 Å². The molecule has 2 aromatic carbocycles. The van der Waals surface area contributed by atoms with Crippen LogP contribution in [0, 0.1) is 5.92 Å². The second-order valence-corrected chi connectivity index (χ2v) is 6.15. The fourth-order valence-corrected chi connectivity index (χ4v) is 3.84. The average Bonchev–Trinajstić information content (AvgIpc) is 3.04. The largest absolute Gasteiger partial charge is 0.506 e. The van der Waals surface area contributed by atoms with Gasteiger partial charge >= 0.3 is 0 Å². The zero-order valence-electron chi connectivity index (χ0n) is 12.9. The molecule has 2 aromatic rings. The maximum atomic E-state index is 10.2. The number of anilines is 1. The van der Waals surface area contributed by atoms with Crippen molar-refractivity contribution in [1.29, 1.82) is 0 Å². The highest BCUT2D eigenvalue weighted by atomic mass is 16.5. The second-order valence-electron chi connectivity index (χ2n) is 6.15. The van der Waals surface area contributed by atoms with Crippen molar-refractivity contribution in [2.45, 2.75) is 18.4 Å². The first-order valence-corrected chi connectivity index (χ1v) is 7.81. The molecule has 4 nitrogen and oxygen atoms in total. The fraction of sp³-hybridized carbons (Fsp3) is 0.263. The van der Waals surface area contributed by atoms with Crippen molar-refractivity contribution in [1.82, 2.24) is 0 Å². The third-order valence-corrected chi connectivity index (χ3v) is 4.94. The summed E-state index contributed by atoms with van der Waals surface area (Å²) in [7, 11) is 1.54. The van der Waals surface area contributed by atoms with Crippen molar-refractivity contribution >= 4 is 5.69 Å². The molecule has 3 N–H and O–H groups in total. The second kappa shape index (κ2) is 5.23. The Balaban J connectivity index is 1.78. The Morgan fingerprint density at radius 3 is 2.78 bits per heavy atom. The highest BCUT2D eigenvalue weighted by Gasteiger charge is 2.38. The summed E-state index contributed by atoms with van der Waals surface area (Å²) in [6.07, 6.45) is 5.40. The normalized spacial score (nSPS) is 24.7. The van der Waals surface area contributed by atoms with Gasteiger partial charge < -0.3 is 20.3 Å². The minimum absolute atomic E-state index is 0.0348. The molecule has 3 atom stereocenters. The van der Waals surface area contributed by atoms with Crippen LogP contribution in [0.4, 0.5) is 5.69 Å². The highest BCUT2D eigenvalue weighted by molar-refractivity contribution is 5.67. The van der Waals surface area contributed by atoms with Crippen LogP contribution < -0.4 is 10.1 Å². The number of nitrogens with one attached hydrogen (secondary N) is 1. The lowest BCUT2D eigenvalue weighted by Crippen LogP contribution is -2.29. The van der Waals surface area contributed by atoms with E-state index in [4.69, 9.17) is 4.74 Å². The number of phenolic OH excluding ortho intramolecular Hbond substituents is 2. The number of methoxy groups -OCH3 is 1. The molecule has 0 saturated heterocycles. The third-order valence-electron chi connectivity index (χ3n) is 4.94. The van der Waals surface area contributed by atoms with Gasteiger partial charge in [-0.2, -0.15) is 0 Å². The third kappa shape index (κ3) is 2.13. The van der Waals surface area contributed by atoms with Gasteiger partial charge in [0.2, 0.25) is 0 Å². The summed E-state index contributed by atoms with van der Waals surface area (Å²) in [5.74, 6) is 1.53. The van der Waals surface area contributed by atoms with Crippen LogP contribution in [0.1, 0.15) is 29.5 Å². The number of ether oxygens (including phenoxy) is 1. The number of rotatable bonds is 2. The molecular formula is C19H19NO3. The van der Waals surface area contributed by atoms with Gasteiger partial charge in [-0.05, 0) is 41.7 Å². The number of fused-ring (bicyclic) bond motifs is 3. The maximum Gasteiger partial charge on any atom is 0.160 e. The molecule has 0 saturated carbocycles. The van der Waals surface area contributed by atoms with Gasteiger partial charge in [-0.25, -0.2) is 0 Å². The van der Waals surface area contributed by atoms with Gasteiger partial charge in [0.05, 0.1) is 18.8 Å². The Bertz CT molecular complexity index is 784. The van der Waals surface area contributed by atoms with E-state index in [-0.39, 0.29) is 23.5 Å². The Morgan fingerprint density at radius 2 is 2.00 bits per heavy atom. The molecule has 0 bridgehead atoms. The van der Waals surface area contributed by atoms with Crippen LogP contribution in [0.3, 0.4) is 0 Å². The monoisotopic (exact) mass is 309 g/mol. The van der Waals surface area contributed by atoms with Crippen LogP contribution in [-0.2, 0) is 0 Å². The number of hydrogen-bond donors (Lipinski definition) is 3. The van der Waals surface area contributed by atoms with E-state index < -0.39 is 0 Å². The van der Waals surface area contributed by atoms with Crippen LogP contribution in [0.15, 0.2) is 48.6 Å². The van der Waals surface area contributed by atoms with E-state index in [1.165, 1.54) is 0 Å². The van der Waals surface area contributed by atoms with Gasteiger partial charge in [0.1, 0.15) is 5.75 Å². The number of benzene rings is 2. The lowest BCUT2D eigenvalue weighted by atomic mass is 9.77. The van der Waals surface area contributed by atoms with Crippen LogP contribution in [0.25, 0.3) is 0 Å². The molecule has 0 fully saturated rings. The van der Waals surface area contributed by atoms with Gasteiger partial charge in [-0.15, -0.1) is 0 Å². The molecule has 3 unspecified atom stereocenters. The molecule has 4 heteroatoms. The van der Waals surface area contributed by atoms with Crippen LogP contribution in [0.2, 0.25) is 0 Å².